The van der Waals surface area contributed by atoms with E-state index in [0.717, 1.165) is 16.7 Å². The predicted molar refractivity (Wildman–Crippen MR) is 198 cm³/mol. The number of carboxylic acid groups (broad SMARTS) is 1. The van der Waals surface area contributed by atoms with E-state index in [9.17, 15) is 32.3 Å². The molecule has 1 heterocycles. The standard InChI is InChI=1S/C41H49F3N2O10/c1-52-32-14-8-29(9-15-32)40(30-10-16-33(53-2)17-11-30,31-12-18-34(54-3)19-13-31)56-28-39(27-55-37(50)21-20-36(48)49)22-25-46(26-23-39)35(47)7-5-4-6-24-45-38(51)41(42,43)44/h8-19H,4-7,20-28H2,1-3H3,(H,45,51)(H,48,49). The van der Waals surface area contributed by atoms with Crippen LogP contribution in [0.2, 0.25) is 0 Å². The first-order valence-corrected chi connectivity index (χ1v) is 18.3. The number of nitrogens with one attached hydrogen (secondary N) is 1. The van der Waals surface area contributed by atoms with E-state index in [2.05, 4.69) is 0 Å². The van der Waals surface area contributed by atoms with Gasteiger partial charge in [-0.15, -0.1) is 0 Å². The molecule has 0 unspecified atom stereocenters. The second-order valence-corrected chi connectivity index (χ2v) is 13.7. The topological polar surface area (TPSA) is 150 Å². The molecule has 0 saturated carbocycles. The Kier molecular flexibility index (Phi) is 15.5. The molecular formula is C41H49F3N2O10. The fourth-order valence-electron chi connectivity index (χ4n) is 6.60. The number of hydrogen-bond acceptors (Lipinski definition) is 9. The normalized spacial score (nSPS) is 14.1. The lowest BCUT2D eigenvalue weighted by atomic mass is 9.77. The second kappa shape index (κ2) is 20.0. The third-order valence-electron chi connectivity index (χ3n) is 9.95. The minimum absolute atomic E-state index is 0.0645. The molecule has 2 amide bonds. The summed E-state index contributed by atoms with van der Waals surface area (Å²) in [6.45, 7) is 0.472. The van der Waals surface area contributed by atoms with E-state index in [0.29, 0.717) is 62.4 Å². The summed E-state index contributed by atoms with van der Waals surface area (Å²) in [5.74, 6) is -1.98. The minimum atomic E-state index is -4.94. The van der Waals surface area contributed by atoms with E-state index in [1.54, 1.807) is 26.2 Å². The molecule has 12 nitrogen and oxygen atoms in total. The van der Waals surface area contributed by atoms with Crippen LogP contribution in [0.3, 0.4) is 0 Å². The number of halogens is 3. The van der Waals surface area contributed by atoms with Crippen LogP contribution in [0.5, 0.6) is 17.2 Å². The SMILES string of the molecule is COc1ccc(C(OCC2(COC(=O)CCC(=O)O)CCN(C(=O)CCCCCNC(=O)C(F)(F)F)CC2)(c2ccc(OC)cc2)c2ccc(OC)cc2)cc1. The number of unbranched alkanes of at least 4 members (excludes halogenated alkanes) is 2. The van der Waals surface area contributed by atoms with Crippen molar-refractivity contribution in [1.82, 2.24) is 10.2 Å². The summed E-state index contributed by atoms with van der Waals surface area (Å²) >= 11 is 0. The largest absolute Gasteiger partial charge is 0.497 e. The van der Waals surface area contributed by atoms with Crippen LogP contribution < -0.4 is 19.5 Å². The van der Waals surface area contributed by atoms with Crippen LogP contribution in [0.1, 0.15) is 68.1 Å². The van der Waals surface area contributed by atoms with E-state index in [4.69, 9.17) is 28.8 Å². The fourth-order valence-corrected chi connectivity index (χ4v) is 6.60. The monoisotopic (exact) mass is 786 g/mol. The van der Waals surface area contributed by atoms with Crippen molar-refractivity contribution in [3.05, 3.63) is 89.5 Å². The molecule has 0 aliphatic carbocycles. The second-order valence-electron chi connectivity index (χ2n) is 13.7. The van der Waals surface area contributed by atoms with Crippen LogP contribution in [-0.4, -0.2) is 94.1 Å². The third-order valence-corrected chi connectivity index (χ3v) is 9.95. The number of piperidine rings is 1. The molecule has 2 N–H and O–H groups in total. The molecule has 1 fully saturated rings. The van der Waals surface area contributed by atoms with Crippen molar-refractivity contribution < 1.29 is 61.1 Å². The Labute approximate surface area is 324 Å². The van der Waals surface area contributed by atoms with Crippen molar-refractivity contribution in [3.8, 4) is 17.2 Å². The van der Waals surface area contributed by atoms with Crippen LogP contribution in [0.4, 0.5) is 13.2 Å². The van der Waals surface area contributed by atoms with Gasteiger partial charge >= 0.3 is 24.0 Å². The maximum atomic E-state index is 13.2. The van der Waals surface area contributed by atoms with Crippen LogP contribution in [-0.2, 0) is 34.3 Å². The molecule has 3 aromatic carbocycles. The third kappa shape index (κ3) is 11.6. The number of methoxy groups -OCH3 is 3. The van der Waals surface area contributed by atoms with Gasteiger partial charge in [0, 0.05) is 31.5 Å². The van der Waals surface area contributed by atoms with Gasteiger partial charge in [-0.3, -0.25) is 19.2 Å². The number of nitrogens with zero attached hydrogens (tertiary/aromatic N) is 1. The summed E-state index contributed by atoms with van der Waals surface area (Å²) in [7, 11) is 4.73. The lowest BCUT2D eigenvalue weighted by molar-refractivity contribution is -0.173. The quantitative estimate of drug-likeness (QED) is 0.0762. The highest BCUT2D eigenvalue weighted by Gasteiger charge is 2.44. The molecule has 304 valence electrons. The number of alkyl halides is 3. The number of esters is 1. The van der Waals surface area contributed by atoms with Crippen molar-refractivity contribution in [2.45, 2.75) is 63.1 Å². The number of aliphatic carboxylic acids is 1. The first-order valence-electron chi connectivity index (χ1n) is 18.3. The van der Waals surface area contributed by atoms with Crippen molar-refractivity contribution in [1.29, 1.82) is 0 Å². The number of ether oxygens (including phenoxy) is 5. The molecule has 4 rings (SSSR count). The number of carbonyl (C=O) groups excluding carboxylic acids is 3. The van der Waals surface area contributed by atoms with Gasteiger partial charge in [0.25, 0.3) is 0 Å². The Bertz CT molecular complexity index is 1630. The zero-order valence-corrected chi connectivity index (χ0v) is 31.8. The van der Waals surface area contributed by atoms with Crippen LogP contribution in [0, 0.1) is 5.41 Å². The molecule has 3 aromatic rings. The van der Waals surface area contributed by atoms with Gasteiger partial charge in [0.15, 0.2) is 0 Å². The molecule has 0 bridgehead atoms. The van der Waals surface area contributed by atoms with E-state index in [-0.39, 0.29) is 44.9 Å². The van der Waals surface area contributed by atoms with E-state index >= 15 is 0 Å². The van der Waals surface area contributed by atoms with Crippen molar-refractivity contribution >= 4 is 23.8 Å². The predicted octanol–water partition coefficient (Wildman–Crippen LogP) is 6.28. The Balaban J connectivity index is 1.60. The first kappa shape index (κ1) is 43.4. The maximum absolute atomic E-state index is 13.2. The summed E-state index contributed by atoms with van der Waals surface area (Å²) in [6.07, 6.45) is -3.50. The van der Waals surface area contributed by atoms with Crippen molar-refractivity contribution in [2.75, 3.05) is 54.2 Å². The lowest BCUT2D eigenvalue weighted by Crippen LogP contribution is -2.49. The zero-order chi connectivity index (χ0) is 40.8. The molecule has 56 heavy (non-hydrogen) atoms. The molecule has 1 aliphatic heterocycles. The molecule has 0 radical (unpaired) electrons. The summed E-state index contributed by atoms with van der Waals surface area (Å²) in [5.41, 5.74) is 0.300. The van der Waals surface area contributed by atoms with Gasteiger partial charge in [-0.1, -0.05) is 42.8 Å². The summed E-state index contributed by atoms with van der Waals surface area (Å²) in [5, 5.41) is 10.9. The number of likely N-dealkylation sites (tertiary alicyclic amines) is 1. The van der Waals surface area contributed by atoms with E-state index < -0.39 is 35.0 Å². The zero-order valence-electron chi connectivity index (χ0n) is 31.8. The molecule has 0 aromatic heterocycles. The van der Waals surface area contributed by atoms with Crippen molar-refractivity contribution in [3.63, 3.8) is 0 Å². The van der Waals surface area contributed by atoms with E-state index in [1.165, 1.54) is 0 Å². The van der Waals surface area contributed by atoms with Gasteiger partial charge in [-0.2, -0.15) is 13.2 Å². The first-order chi connectivity index (χ1) is 26.7. The number of rotatable bonds is 20. The Morgan fingerprint density at radius 1 is 0.696 bits per heavy atom. The highest BCUT2D eigenvalue weighted by atomic mass is 19.4. The molecular weight excluding hydrogens is 737 g/mol. The highest BCUT2D eigenvalue weighted by Crippen LogP contribution is 2.45. The molecule has 0 spiro atoms. The van der Waals surface area contributed by atoms with Gasteiger partial charge in [0.1, 0.15) is 22.8 Å². The summed E-state index contributed by atoms with van der Waals surface area (Å²) < 4.78 is 66.6. The van der Waals surface area contributed by atoms with Gasteiger partial charge in [0.05, 0.1) is 47.4 Å². The van der Waals surface area contributed by atoms with Crippen LogP contribution in [0.25, 0.3) is 0 Å². The van der Waals surface area contributed by atoms with Crippen LogP contribution in [0.15, 0.2) is 72.8 Å². The fraction of sp³-hybridized carbons (Fsp3) is 0.463. The molecule has 0 atom stereocenters. The Morgan fingerprint density at radius 2 is 1.18 bits per heavy atom. The maximum Gasteiger partial charge on any atom is 0.471 e. The average molecular weight is 787 g/mol. The van der Waals surface area contributed by atoms with Gasteiger partial charge in [0.2, 0.25) is 5.91 Å². The average Bonchev–Trinajstić information content (AvgIpc) is 3.21. The highest BCUT2D eigenvalue weighted by molar-refractivity contribution is 5.81. The number of carboxylic acids is 1. The summed E-state index contributed by atoms with van der Waals surface area (Å²) in [4.78, 5) is 49.8. The lowest BCUT2D eigenvalue weighted by Gasteiger charge is -2.44. The number of benzene rings is 3. The Morgan fingerprint density at radius 3 is 1.61 bits per heavy atom. The molecule has 15 heteroatoms. The van der Waals surface area contributed by atoms with E-state index in [1.807, 2.05) is 78.1 Å². The van der Waals surface area contributed by atoms with Gasteiger partial charge in [-0.05, 0) is 78.8 Å². The smallest absolute Gasteiger partial charge is 0.471 e. The number of hydrogen-bond donors (Lipinski definition) is 2. The van der Waals surface area contributed by atoms with Gasteiger partial charge < -0.3 is 39.0 Å². The number of carbonyl (C=O) groups is 4. The van der Waals surface area contributed by atoms with Crippen molar-refractivity contribution in [2.24, 2.45) is 5.41 Å². The molecule has 1 saturated heterocycles. The summed E-state index contributed by atoms with van der Waals surface area (Å²) in [6, 6.07) is 22.5. The Hall–Kier alpha value is -5.31. The minimum Gasteiger partial charge on any atom is -0.497 e. The molecule has 1 aliphatic rings. The number of amides is 2. The van der Waals surface area contributed by atoms with Gasteiger partial charge in [-0.25, -0.2) is 0 Å². The van der Waals surface area contributed by atoms with Crippen LogP contribution >= 0.6 is 0 Å².